The standard InChI is InChI=1S/C14H15NO2.C14H17NO.C14H17N.C13H15N/c15-9-14(6-2-1-3-7-14)11-4-5-12-13(8-11)17-10-16-12;1-16-13-8-4-3-7-12(13)14(11-15)9-5-2-6-10-14;15-12-14(9-5-2-6-10-14)11-13-7-3-1-4-8-13;14-11-13(9-5-2-6-10-13)12-7-3-1-4-8-12/h4-5,8H,1-3,6-7,10H2;3-4,7-8H,2,5-6,9-10H2,1H3;1,3-4,7-8H,2,5-6,9-11H2;1,3-4,7-8H,2,5-6,9-10H2. The summed E-state index contributed by atoms with van der Waals surface area (Å²) >= 11 is 0. The second kappa shape index (κ2) is 22.4. The molecule has 1 aliphatic heterocycles. The van der Waals surface area contributed by atoms with Crippen LogP contribution >= 0.6 is 0 Å². The van der Waals surface area contributed by atoms with Gasteiger partial charge in [0.1, 0.15) is 5.75 Å². The number of benzene rings is 4. The van der Waals surface area contributed by atoms with Gasteiger partial charge in [0.25, 0.3) is 0 Å². The van der Waals surface area contributed by atoms with Crippen molar-refractivity contribution < 1.29 is 14.2 Å². The summed E-state index contributed by atoms with van der Waals surface area (Å²) in [4.78, 5) is 0. The van der Waals surface area contributed by atoms with Crippen molar-refractivity contribution in [3.63, 3.8) is 0 Å². The topological polar surface area (TPSA) is 123 Å². The Morgan fingerprint density at radius 3 is 1.47 bits per heavy atom. The zero-order valence-corrected chi connectivity index (χ0v) is 36.9. The van der Waals surface area contributed by atoms with Crippen LogP contribution in [0.15, 0.2) is 103 Å². The van der Waals surface area contributed by atoms with E-state index in [4.69, 9.17) is 14.2 Å². The maximum absolute atomic E-state index is 9.52. The molecule has 0 saturated heterocycles. The van der Waals surface area contributed by atoms with Gasteiger partial charge in [0.05, 0.1) is 53.0 Å². The number of ether oxygens (including phenoxy) is 3. The lowest BCUT2D eigenvalue weighted by molar-refractivity contribution is 0.174. The lowest BCUT2D eigenvalue weighted by Crippen LogP contribution is -2.27. The highest BCUT2D eigenvalue weighted by molar-refractivity contribution is 5.48. The zero-order chi connectivity index (χ0) is 43.6. The average Bonchev–Trinajstić information content (AvgIpc) is 3.85. The fourth-order valence-corrected chi connectivity index (χ4v) is 10.4. The van der Waals surface area contributed by atoms with Crippen LogP contribution in [0.25, 0.3) is 0 Å². The van der Waals surface area contributed by atoms with E-state index in [1.807, 2.05) is 66.7 Å². The summed E-state index contributed by atoms with van der Waals surface area (Å²) in [7, 11) is 1.67. The van der Waals surface area contributed by atoms with E-state index < -0.39 is 0 Å². The summed E-state index contributed by atoms with van der Waals surface area (Å²) in [6.07, 6.45) is 23.5. The van der Waals surface area contributed by atoms with E-state index in [1.165, 1.54) is 62.5 Å². The molecule has 5 aliphatic rings. The van der Waals surface area contributed by atoms with Crippen molar-refractivity contribution in [1.29, 1.82) is 21.0 Å². The lowest BCUT2D eigenvalue weighted by Gasteiger charge is -2.32. The smallest absolute Gasteiger partial charge is 0.231 e. The number of rotatable bonds is 6. The molecule has 0 radical (unpaired) electrons. The van der Waals surface area contributed by atoms with Crippen molar-refractivity contribution >= 4 is 0 Å². The first-order valence-electron chi connectivity index (χ1n) is 23.2. The summed E-state index contributed by atoms with van der Waals surface area (Å²) in [6.45, 7) is 0.290. The van der Waals surface area contributed by atoms with Crippen LogP contribution in [0.2, 0.25) is 0 Å². The number of fused-ring (bicyclic) bond motifs is 1. The molecule has 322 valence electrons. The number of nitriles is 4. The molecule has 7 heteroatoms. The Hall–Kier alpha value is -5.76. The molecule has 0 unspecified atom stereocenters. The predicted octanol–water partition coefficient (Wildman–Crippen LogP) is 13.7. The molecule has 62 heavy (non-hydrogen) atoms. The van der Waals surface area contributed by atoms with Crippen molar-refractivity contribution in [3.8, 4) is 41.5 Å². The molecule has 4 aromatic carbocycles. The largest absolute Gasteiger partial charge is 0.496 e. The van der Waals surface area contributed by atoms with Crippen molar-refractivity contribution in [2.45, 2.75) is 151 Å². The molecule has 7 nitrogen and oxygen atoms in total. The molecule has 4 aromatic rings. The van der Waals surface area contributed by atoms with Gasteiger partial charge in [-0.05, 0) is 92.7 Å². The number of nitrogens with zero attached hydrogens (tertiary/aromatic N) is 4. The molecular formula is C55H64N4O3. The SMILES string of the molecule is COc1ccccc1C1(C#N)CCCCC1.N#CC1(Cc2ccccc2)CCCCC1.N#CC1(c2ccc3c(c2)OCO3)CCCCC1.N#CC1(c2ccccc2)CCCCC1. The summed E-state index contributed by atoms with van der Waals surface area (Å²) < 4.78 is 16.1. The van der Waals surface area contributed by atoms with Gasteiger partial charge in [0, 0.05) is 5.56 Å². The van der Waals surface area contributed by atoms with E-state index in [0.717, 1.165) is 112 Å². The number of hydrogen-bond donors (Lipinski definition) is 0. The van der Waals surface area contributed by atoms with Crippen molar-refractivity contribution in [3.05, 3.63) is 125 Å². The maximum Gasteiger partial charge on any atom is 0.231 e. The third-order valence-electron chi connectivity index (χ3n) is 14.1. The number of hydrogen-bond acceptors (Lipinski definition) is 7. The van der Waals surface area contributed by atoms with Crippen LogP contribution < -0.4 is 14.2 Å². The third-order valence-corrected chi connectivity index (χ3v) is 14.1. The van der Waals surface area contributed by atoms with Gasteiger partial charge in [-0.1, -0.05) is 162 Å². The molecular weight excluding hydrogens is 765 g/mol. The highest BCUT2D eigenvalue weighted by Crippen LogP contribution is 2.45. The zero-order valence-electron chi connectivity index (χ0n) is 36.9. The van der Waals surface area contributed by atoms with Gasteiger partial charge in [-0.2, -0.15) is 21.0 Å². The first kappa shape index (κ1) is 45.8. The van der Waals surface area contributed by atoms with Crippen LogP contribution in [0.5, 0.6) is 17.2 Å². The quantitative estimate of drug-likeness (QED) is 0.190. The third kappa shape index (κ3) is 11.2. The van der Waals surface area contributed by atoms with Gasteiger partial charge in [0.2, 0.25) is 6.79 Å². The van der Waals surface area contributed by atoms with Crippen molar-refractivity contribution in [2.75, 3.05) is 13.9 Å². The lowest BCUT2D eigenvalue weighted by atomic mass is 9.70. The Kier molecular flexibility index (Phi) is 16.5. The Labute approximate surface area is 371 Å². The van der Waals surface area contributed by atoms with E-state index in [2.05, 4.69) is 60.7 Å². The molecule has 4 saturated carbocycles. The van der Waals surface area contributed by atoms with E-state index in [1.54, 1.807) is 7.11 Å². The Bertz CT molecular complexity index is 2170. The Morgan fingerprint density at radius 1 is 0.468 bits per heavy atom. The highest BCUT2D eigenvalue weighted by Gasteiger charge is 2.37. The van der Waals surface area contributed by atoms with Gasteiger partial charge < -0.3 is 14.2 Å². The molecule has 4 aliphatic carbocycles. The minimum atomic E-state index is -0.315. The van der Waals surface area contributed by atoms with Gasteiger partial charge in [0.15, 0.2) is 11.5 Å². The molecule has 1 heterocycles. The Morgan fingerprint density at radius 2 is 0.935 bits per heavy atom. The summed E-state index contributed by atoms with van der Waals surface area (Å²) in [5, 5.41) is 37.7. The van der Waals surface area contributed by atoms with Crippen LogP contribution in [0.1, 0.15) is 151 Å². The van der Waals surface area contributed by atoms with Crippen molar-refractivity contribution in [1.82, 2.24) is 0 Å². The van der Waals surface area contributed by atoms with Crippen molar-refractivity contribution in [2.24, 2.45) is 5.41 Å². The molecule has 0 aromatic heterocycles. The van der Waals surface area contributed by atoms with Crippen LogP contribution in [-0.2, 0) is 22.7 Å². The molecule has 0 atom stereocenters. The van der Waals surface area contributed by atoms with Gasteiger partial charge in [-0.25, -0.2) is 0 Å². The molecule has 0 spiro atoms. The van der Waals surface area contributed by atoms with E-state index in [-0.39, 0.29) is 21.7 Å². The molecule has 0 amide bonds. The van der Waals surface area contributed by atoms with Crippen LogP contribution in [0.3, 0.4) is 0 Å². The fourth-order valence-electron chi connectivity index (χ4n) is 10.4. The number of methoxy groups -OCH3 is 1. The minimum absolute atomic E-state index is 0.0698. The Balaban J connectivity index is 0.000000138. The molecule has 4 fully saturated rings. The fraction of sp³-hybridized carbons (Fsp3) is 0.491. The maximum atomic E-state index is 9.52. The van der Waals surface area contributed by atoms with Gasteiger partial charge >= 0.3 is 0 Å². The first-order valence-corrected chi connectivity index (χ1v) is 23.2. The van der Waals surface area contributed by atoms with Crippen LogP contribution in [0, 0.1) is 50.7 Å². The average molecular weight is 829 g/mol. The summed E-state index contributed by atoms with van der Waals surface area (Å²) in [5.41, 5.74) is 3.80. The minimum Gasteiger partial charge on any atom is -0.496 e. The molecule has 0 N–H and O–H groups in total. The molecule has 0 bridgehead atoms. The first-order chi connectivity index (χ1) is 30.4. The summed E-state index contributed by atoms with van der Waals surface area (Å²) in [5.74, 6) is 2.42. The van der Waals surface area contributed by atoms with E-state index in [0.29, 0.717) is 6.79 Å². The van der Waals surface area contributed by atoms with Gasteiger partial charge in [-0.3, -0.25) is 0 Å². The van der Waals surface area contributed by atoms with Crippen LogP contribution in [-0.4, -0.2) is 13.9 Å². The predicted molar refractivity (Wildman–Crippen MR) is 244 cm³/mol. The van der Waals surface area contributed by atoms with E-state index in [9.17, 15) is 21.0 Å². The second-order valence-electron chi connectivity index (χ2n) is 18.0. The van der Waals surface area contributed by atoms with E-state index >= 15 is 0 Å². The normalized spacial score (nSPS) is 19.8. The summed E-state index contributed by atoms with van der Waals surface area (Å²) in [6, 6.07) is 44.7. The second-order valence-corrected chi connectivity index (χ2v) is 18.0. The highest BCUT2D eigenvalue weighted by atomic mass is 16.7. The van der Waals surface area contributed by atoms with Gasteiger partial charge in [-0.15, -0.1) is 0 Å². The van der Waals surface area contributed by atoms with Crippen LogP contribution in [0.4, 0.5) is 0 Å². The molecule has 9 rings (SSSR count). The monoisotopic (exact) mass is 828 g/mol. The number of para-hydroxylation sites is 1.